The molecule has 0 saturated heterocycles. The van der Waals surface area contributed by atoms with E-state index < -0.39 is 11.7 Å². The van der Waals surface area contributed by atoms with Crippen LogP contribution >= 0.6 is 0 Å². The maximum Gasteiger partial charge on any atom is 0.419 e. The second-order valence-corrected chi connectivity index (χ2v) is 6.14. The second-order valence-electron chi connectivity index (χ2n) is 6.14. The van der Waals surface area contributed by atoms with Gasteiger partial charge >= 0.3 is 6.18 Å². The number of hydrogen-bond acceptors (Lipinski definition) is 3. The largest absolute Gasteiger partial charge is 0.456 e. The highest BCUT2D eigenvalue weighted by molar-refractivity contribution is 5.44. The Balaban J connectivity index is 1.92. The van der Waals surface area contributed by atoms with Crippen molar-refractivity contribution in [1.29, 1.82) is 0 Å². The summed E-state index contributed by atoms with van der Waals surface area (Å²) in [5, 5.41) is 0. The molecule has 0 aliphatic carbocycles. The number of hydrogen-bond donors (Lipinski definition) is 0. The number of benzene rings is 1. The van der Waals surface area contributed by atoms with Crippen LogP contribution in [0.5, 0.6) is 11.5 Å². The topological polar surface area (TPSA) is 25.4 Å². The van der Waals surface area contributed by atoms with Gasteiger partial charge in [-0.2, -0.15) is 13.2 Å². The lowest BCUT2D eigenvalue weighted by Crippen LogP contribution is -2.36. The first-order valence-electron chi connectivity index (χ1n) is 7.91. The van der Waals surface area contributed by atoms with Crippen LogP contribution in [0.15, 0.2) is 36.5 Å². The fourth-order valence-electron chi connectivity index (χ4n) is 2.89. The van der Waals surface area contributed by atoms with Gasteiger partial charge in [0.2, 0.25) is 0 Å². The molecule has 0 unspecified atom stereocenters. The highest BCUT2D eigenvalue weighted by atomic mass is 19.4. The van der Waals surface area contributed by atoms with Crippen molar-refractivity contribution in [2.45, 2.75) is 39.0 Å². The van der Waals surface area contributed by atoms with E-state index in [0.29, 0.717) is 24.8 Å². The van der Waals surface area contributed by atoms with Crippen LogP contribution in [-0.4, -0.2) is 22.5 Å². The Kier molecular flexibility index (Phi) is 4.49. The summed E-state index contributed by atoms with van der Waals surface area (Å²) in [4.78, 5) is 6.66. The van der Waals surface area contributed by atoms with E-state index in [9.17, 15) is 13.2 Å². The Hall–Kier alpha value is -2.08. The predicted octanol–water partition coefficient (Wildman–Crippen LogP) is 4.66. The number of aromatic nitrogens is 1. The molecule has 1 aromatic heterocycles. The van der Waals surface area contributed by atoms with Gasteiger partial charge in [0.25, 0.3) is 0 Å². The van der Waals surface area contributed by atoms with Crippen molar-refractivity contribution >= 4 is 0 Å². The highest BCUT2D eigenvalue weighted by Crippen LogP contribution is 2.39. The van der Waals surface area contributed by atoms with Gasteiger partial charge in [-0.3, -0.25) is 9.88 Å². The third kappa shape index (κ3) is 3.38. The zero-order chi connectivity index (χ0) is 17.3. The molecule has 0 radical (unpaired) electrons. The van der Waals surface area contributed by atoms with E-state index in [1.807, 2.05) is 0 Å². The molecule has 0 bridgehead atoms. The van der Waals surface area contributed by atoms with Crippen molar-refractivity contribution in [2.24, 2.45) is 0 Å². The molecule has 2 heterocycles. The first-order chi connectivity index (χ1) is 11.4. The lowest BCUT2D eigenvalue weighted by atomic mass is 10.0. The lowest BCUT2D eigenvalue weighted by molar-refractivity contribution is -0.138. The van der Waals surface area contributed by atoms with Crippen molar-refractivity contribution in [3.8, 4) is 11.5 Å². The molecule has 3 rings (SSSR count). The highest BCUT2D eigenvalue weighted by Gasteiger charge is 2.34. The molecule has 128 valence electrons. The van der Waals surface area contributed by atoms with Crippen LogP contribution < -0.4 is 4.74 Å². The Morgan fingerprint density at radius 1 is 1.12 bits per heavy atom. The Morgan fingerprint density at radius 2 is 1.88 bits per heavy atom. The molecule has 0 spiro atoms. The molecule has 0 atom stereocenters. The molecular formula is C18H19F3N2O. The molecule has 0 amide bonds. The third-order valence-corrected chi connectivity index (χ3v) is 4.25. The molecule has 1 aromatic carbocycles. The van der Waals surface area contributed by atoms with E-state index in [4.69, 9.17) is 4.74 Å². The molecule has 1 aliphatic heterocycles. The van der Waals surface area contributed by atoms with Crippen LogP contribution in [0.3, 0.4) is 0 Å². The van der Waals surface area contributed by atoms with Gasteiger partial charge in [0.15, 0.2) is 0 Å². The van der Waals surface area contributed by atoms with Crippen LogP contribution in [-0.2, 0) is 19.1 Å². The van der Waals surface area contributed by atoms with Gasteiger partial charge in [-0.15, -0.1) is 0 Å². The van der Waals surface area contributed by atoms with Gasteiger partial charge in [-0.1, -0.05) is 12.1 Å². The molecule has 0 fully saturated rings. The van der Waals surface area contributed by atoms with Crippen LogP contribution in [0.1, 0.15) is 30.7 Å². The van der Waals surface area contributed by atoms with E-state index in [0.717, 1.165) is 23.9 Å². The van der Waals surface area contributed by atoms with Gasteiger partial charge in [-0.05, 0) is 38.5 Å². The van der Waals surface area contributed by atoms with Crippen molar-refractivity contribution in [3.05, 3.63) is 53.3 Å². The van der Waals surface area contributed by atoms with E-state index in [1.54, 1.807) is 18.3 Å². The molecule has 3 nitrogen and oxygen atoms in total. The van der Waals surface area contributed by atoms with Gasteiger partial charge in [-0.25, -0.2) is 0 Å². The lowest BCUT2D eigenvalue weighted by Gasteiger charge is -2.31. The summed E-state index contributed by atoms with van der Waals surface area (Å²) in [6.45, 7) is 5.76. The fraction of sp³-hybridized carbons (Fsp3) is 0.389. The number of alkyl halides is 3. The first-order valence-corrected chi connectivity index (χ1v) is 7.91. The molecule has 6 heteroatoms. The number of nitrogens with zero attached hydrogens (tertiary/aromatic N) is 2. The van der Waals surface area contributed by atoms with E-state index in [1.165, 1.54) is 12.1 Å². The summed E-state index contributed by atoms with van der Waals surface area (Å²) >= 11 is 0. The van der Waals surface area contributed by atoms with Crippen LogP contribution in [0.25, 0.3) is 0 Å². The zero-order valence-corrected chi connectivity index (χ0v) is 13.6. The van der Waals surface area contributed by atoms with E-state index in [-0.39, 0.29) is 5.75 Å². The molecule has 24 heavy (non-hydrogen) atoms. The fourth-order valence-corrected chi connectivity index (χ4v) is 2.89. The van der Waals surface area contributed by atoms with Crippen molar-refractivity contribution < 1.29 is 17.9 Å². The quantitative estimate of drug-likeness (QED) is 0.815. The van der Waals surface area contributed by atoms with Crippen molar-refractivity contribution in [3.63, 3.8) is 0 Å². The number of fused-ring (bicyclic) bond motifs is 1. The third-order valence-electron chi connectivity index (χ3n) is 4.25. The maximum absolute atomic E-state index is 13.1. The van der Waals surface area contributed by atoms with E-state index >= 15 is 0 Å². The number of ether oxygens (including phenoxy) is 1. The Labute approximate surface area is 139 Å². The minimum absolute atomic E-state index is 0.176. The minimum atomic E-state index is -4.45. The maximum atomic E-state index is 13.1. The number of rotatable bonds is 3. The summed E-state index contributed by atoms with van der Waals surface area (Å²) in [5.74, 6) is 0.282. The van der Waals surface area contributed by atoms with Gasteiger partial charge in [0, 0.05) is 30.9 Å². The zero-order valence-electron chi connectivity index (χ0n) is 13.6. The van der Waals surface area contributed by atoms with E-state index in [2.05, 4.69) is 23.7 Å². The Bertz CT molecular complexity index is 728. The van der Waals surface area contributed by atoms with Crippen molar-refractivity contribution in [1.82, 2.24) is 9.88 Å². The summed E-state index contributed by atoms with van der Waals surface area (Å²) in [6, 6.07) is 7.31. The monoisotopic (exact) mass is 336 g/mol. The second kappa shape index (κ2) is 6.43. The van der Waals surface area contributed by atoms with Crippen LogP contribution in [0, 0.1) is 0 Å². The smallest absolute Gasteiger partial charge is 0.419 e. The molecule has 0 saturated carbocycles. The molecule has 1 aliphatic rings. The summed E-state index contributed by atoms with van der Waals surface area (Å²) in [6.07, 6.45) is -2.14. The van der Waals surface area contributed by atoms with Gasteiger partial charge in [0.05, 0.1) is 11.3 Å². The minimum Gasteiger partial charge on any atom is -0.456 e. The van der Waals surface area contributed by atoms with Crippen molar-refractivity contribution in [2.75, 3.05) is 6.54 Å². The summed E-state index contributed by atoms with van der Waals surface area (Å²) < 4.78 is 45.0. The molecule has 2 aromatic rings. The molecule has 0 N–H and O–H groups in total. The normalized spacial score (nSPS) is 15.4. The average Bonchev–Trinajstić information content (AvgIpc) is 2.54. The number of pyridine rings is 1. The number of para-hydroxylation sites is 1. The first kappa shape index (κ1) is 16.8. The molecular weight excluding hydrogens is 317 g/mol. The van der Waals surface area contributed by atoms with Crippen LogP contribution in [0.4, 0.5) is 13.2 Å². The number of halogens is 3. The van der Waals surface area contributed by atoms with Gasteiger partial charge < -0.3 is 4.74 Å². The predicted molar refractivity (Wildman–Crippen MR) is 85.0 cm³/mol. The summed E-state index contributed by atoms with van der Waals surface area (Å²) in [5.41, 5.74) is 0.999. The standard InChI is InChI=1S/C18H19F3N2O/c1-12(2)23-10-8-13-15(11-23)22-9-7-16(13)24-17-6-4-3-5-14(17)18(19,20)21/h3-7,9,12H,8,10-11H2,1-2H3. The average molecular weight is 336 g/mol. The van der Waals surface area contributed by atoms with Crippen LogP contribution in [0.2, 0.25) is 0 Å². The summed E-state index contributed by atoms with van der Waals surface area (Å²) in [7, 11) is 0. The SMILES string of the molecule is CC(C)N1CCc2c(Oc3ccccc3C(F)(F)F)ccnc2C1. The van der Waals surface area contributed by atoms with Gasteiger partial charge in [0.1, 0.15) is 11.5 Å². The Morgan fingerprint density at radius 3 is 2.58 bits per heavy atom.